The first-order valence-corrected chi connectivity index (χ1v) is 10.4. The molecule has 0 amide bonds. The average Bonchev–Trinajstić information content (AvgIpc) is 3.20. The van der Waals surface area contributed by atoms with Gasteiger partial charge in [-0.1, -0.05) is 13.8 Å². The number of hydrogen-bond donors (Lipinski definition) is 0. The molecule has 0 bridgehead atoms. The zero-order valence-electron chi connectivity index (χ0n) is 18.6. The van der Waals surface area contributed by atoms with Crippen molar-refractivity contribution in [1.82, 2.24) is 14.3 Å². The van der Waals surface area contributed by atoms with Crippen molar-refractivity contribution in [2.24, 2.45) is 7.05 Å². The van der Waals surface area contributed by atoms with E-state index in [-0.39, 0.29) is 0 Å². The molecule has 0 aliphatic carbocycles. The van der Waals surface area contributed by atoms with E-state index in [9.17, 15) is 0 Å². The highest BCUT2D eigenvalue weighted by Gasteiger charge is 2.57. The second-order valence-electron chi connectivity index (χ2n) is 8.28. The molecule has 0 aromatic carbocycles. The van der Waals surface area contributed by atoms with Gasteiger partial charge in [0.1, 0.15) is 11.4 Å². The van der Waals surface area contributed by atoms with Crippen molar-refractivity contribution in [3.63, 3.8) is 0 Å². The summed E-state index contributed by atoms with van der Waals surface area (Å²) in [6.45, 7) is 9.66. The minimum atomic E-state index is -3.98. The monoisotopic (exact) mass is 398 g/mol. The molecule has 7 heteroatoms. The van der Waals surface area contributed by atoms with Crippen LogP contribution in [0.5, 0.6) is 0 Å². The molecule has 4 nitrogen and oxygen atoms in total. The van der Waals surface area contributed by atoms with Gasteiger partial charge in [-0.15, -0.1) is 0 Å². The lowest BCUT2D eigenvalue weighted by atomic mass is 9.85. The molecule has 2 aliphatic rings. The van der Waals surface area contributed by atoms with Crippen LogP contribution >= 0.6 is 0 Å². The van der Waals surface area contributed by atoms with Crippen LogP contribution in [0.15, 0.2) is 22.9 Å². The molecule has 0 saturated carbocycles. The Kier molecular flexibility index (Phi) is 4.30. The van der Waals surface area contributed by atoms with E-state index in [1.165, 1.54) is 8.96 Å². The van der Waals surface area contributed by atoms with Crippen LogP contribution in [-0.2, 0) is 13.5 Å². The Bertz CT molecular complexity index is 1140. The average molecular weight is 398 g/mol. The van der Waals surface area contributed by atoms with Crippen LogP contribution in [0.25, 0.3) is 5.57 Å². The van der Waals surface area contributed by atoms with Gasteiger partial charge in [0.05, 0.1) is 5.57 Å². The standard InChI is InChI=1S/C22H29BF2N4/c1-9-17-13(4)21-20(19-11-12(3)27(8)26-19)22-14(5)18(10-2)16(7)29(22)23(24,25)28(21)15(17)6/h11H,9-10H2,1-8H3. The van der Waals surface area contributed by atoms with E-state index in [4.69, 9.17) is 5.10 Å². The zero-order chi connectivity index (χ0) is 21.4. The maximum atomic E-state index is 16.1. The van der Waals surface area contributed by atoms with E-state index >= 15 is 8.63 Å². The van der Waals surface area contributed by atoms with Gasteiger partial charge in [-0.25, -0.2) is 0 Å². The predicted octanol–water partition coefficient (Wildman–Crippen LogP) is 4.92. The normalized spacial score (nSPS) is 18.1. The fourth-order valence-electron chi connectivity index (χ4n) is 5.40. The first-order valence-electron chi connectivity index (χ1n) is 10.4. The summed E-state index contributed by atoms with van der Waals surface area (Å²) in [5.74, 6) is 0. The fourth-order valence-corrected chi connectivity index (χ4v) is 5.40. The molecule has 4 heterocycles. The maximum Gasteiger partial charge on any atom is 0.737 e. The molecule has 2 aliphatic heterocycles. The topological polar surface area (TPSA) is 25.8 Å². The van der Waals surface area contributed by atoms with E-state index in [1.807, 2.05) is 66.3 Å². The molecule has 0 N–H and O–H groups in total. The van der Waals surface area contributed by atoms with Crippen LogP contribution in [0.3, 0.4) is 0 Å². The number of aryl methyl sites for hydroxylation is 2. The molecule has 0 spiro atoms. The van der Waals surface area contributed by atoms with Gasteiger partial charge < -0.3 is 17.6 Å². The molecule has 0 atom stereocenters. The van der Waals surface area contributed by atoms with Gasteiger partial charge in [0.15, 0.2) is 5.70 Å². The van der Waals surface area contributed by atoms with Crippen LogP contribution in [-0.4, -0.2) is 31.4 Å². The summed E-state index contributed by atoms with van der Waals surface area (Å²) in [5.41, 5.74) is 9.02. The number of allylic oxidation sites excluding steroid dienone is 2. The molecule has 29 heavy (non-hydrogen) atoms. The Balaban J connectivity index is 2.23. The van der Waals surface area contributed by atoms with Gasteiger partial charge in [0.25, 0.3) is 0 Å². The largest absolute Gasteiger partial charge is 0.737 e. The van der Waals surface area contributed by atoms with Crippen LogP contribution in [0.1, 0.15) is 68.0 Å². The molecule has 0 radical (unpaired) electrons. The SMILES string of the molecule is CCC1=C(C)C2=C(c3cc(C)n(C)n3)c3c(C)c(CC)c(C)n3[B-](F)(F)[N+]2=C1C. The second kappa shape index (κ2) is 6.28. The first-order chi connectivity index (χ1) is 13.6. The summed E-state index contributed by atoms with van der Waals surface area (Å²) < 4.78 is 36.6. The molecule has 2 aromatic rings. The Morgan fingerprint density at radius 3 is 2.24 bits per heavy atom. The maximum absolute atomic E-state index is 16.1. The first kappa shape index (κ1) is 19.9. The van der Waals surface area contributed by atoms with Crippen molar-refractivity contribution in [1.29, 1.82) is 0 Å². The zero-order valence-corrected chi connectivity index (χ0v) is 18.6. The van der Waals surface area contributed by atoms with Gasteiger partial charge in [-0.2, -0.15) is 5.10 Å². The molecule has 0 saturated heterocycles. The van der Waals surface area contributed by atoms with Gasteiger partial charge in [0, 0.05) is 36.5 Å². The van der Waals surface area contributed by atoms with Crippen molar-refractivity contribution in [3.05, 3.63) is 56.8 Å². The van der Waals surface area contributed by atoms with Crippen molar-refractivity contribution < 1.29 is 13.1 Å². The van der Waals surface area contributed by atoms with Crippen molar-refractivity contribution in [3.8, 4) is 0 Å². The Morgan fingerprint density at radius 2 is 1.72 bits per heavy atom. The fraction of sp³-hybridized carbons (Fsp3) is 0.455. The summed E-state index contributed by atoms with van der Waals surface area (Å²) in [6, 6.07) is 2.00. The van der Waals surface area contributed by atoms with Crippen molar-refractivity contribution in [2.75, 3.05) is 0 Å². The molecule has 4 rings (SSSR count). The molecule has 0 fully saturated rings. The van der Waals surface area contributed by atoms with Crippen LogP contribution in [0.2, 0.25) is 0 Å². The minimum Gasteiger partial charge on any atom is -0.393 e. The number of nitrogens with zero attached hydrogens (tertiary/aromatic N) is 4. The van der Waals surface area contributed by atoms with Crippen LogP contribution in [0.4, 0.5) is 8.63 Å². The summed E-state index contributed by atoms with van der Waals surface area (Å²) in [7, 11) is 1.89. The number of hydrogen-bond acceptors (Lipinski definition) is 1. The Hall–Kier alpha value is -2.44. The molecular formula is C22H29BF2N4. The van der Waals surface area contributed by atoms with Gasteiger partial charge in [0.2, 0.25) is 0 Å². The minimum absolute atomic E-state index is 0.623. The van der Waals surface area contributed by atoms with E-state index in [1.54, 1.807) is 0 Å². The van der Waals surface area contributed by atoms with Crippen LogP contribution in [0, 0.1) is 20.8 Å². The number of halogens is 2. The third-order valence-corrected chi connectivity index (χ3v) is 6.87. The lowest BCUT2D eigenvalue weighted by molar-refractivity contribution is -0.363. The summed E-state index contributed by atoms with van der Waals surface area (Å²) in [4.78, 5) is 0. The molecule has 2 aromatic heterocycles. The lowest BCUT2D eigenvalue weighted by Crippen LogP contribution is -2.51. The third kappa shape index (κ3) is 2.36. The summed E-state index contributed by atoms with van der Waals surface area (Å²) in [5, 5.41) is 4.71. The summed E-state index contributed by atoms with van der Waals surface area (Å²) >= 11 is 0. The number of aromatic nitrogens is 3. The van der Waals surface area contributed by atoms with E-state index < -0.39 is 6.97 Å². The number of fused-ring (bicyclic) bond motifs is 2. The van der Waals surface area contributed by atoms with E-state index in [0.717, 1.165) is 52.1 Å². The Morgan fingerprint density at radius 1 is 1.07 bits per heavy atom. The lowest BCUT2D eigenvalue weighted by Gasteiger charge is -2.33. The van der Waals surface area contributed by atoms with Crippen molar-refractivity contribution in [2.45, 2.75) is 61.3 Å². The quantitative estimate of drug-likeness (QED) is 0.674. The highest BCUT2D eigenvalue weighted by Crippen LogP contribution is 2.46. The van der Waals surface area contributed by atoms with E-state index in [2.05, 4.69) is 0 Å². The molecular weight excluding hydrogens is 369 g/mol. The predicted molar refractivity (Wildman–Crippen MR) is 115 cm³/mol. The molecule has 154 valence electrons. The van der Waals surface area contributed by atoms with Gasteiger partial charge in [-0.3, -0.25) is 4.68 Å². The highest BCUT2D eigenvalue weighted by molar-refractivity contribution is 6.58. The van der Waals surface area contributed by atoms with Crippen molar-refractivity contribution >= 4 is 18.3 Å². The van der Waals surface area contributed by atoms with Gasteiger partial charge >= 0.3 is 6.97 Å². The highest BCUT2D eigenvalue weighted by atomic mass is 19.2. The van der Waals surface area contributed by atoms with Gasteiger partial charge in [-0.05, 0) is 63.4 Å². The smallest absolute Gasteiger partial charge is 0.393 e. The van der Waals surface area contributed by atoms with E-state index in [0.29, 0.717) is 22.8 Å². The third-order valence-electron chi connectivity index (χ3n) is 6.87. The Labute approximate surface area is 171 Å². The second-order valence-corrected chi connectivity index (χ2v) is 8.28. The van der Waals surface area contributed by atoms with Crippen LogP contribution < -0.4 is 0 Å². The molecule has 0 unspecified atom stereocenters. The summed E-state index contributed by atoms with van der Waals surface area (Å²) in [6.07, 6.45) is 1.46. The number of rotatable bonds is 3.